The molecule has 0 aliphatic heterocycles. The van der Waals surface area contributed by atoms with Crippen molar-refractivity contribution in [2.45, 2.75) is 38.3 Å². The average molecular weight is 406 g/mol. The van der Waals surface area contributed by atoms with Crippen LogP contribution in [0, 0.1) is 6.92 Å². The van der Waals surface area contributed by atoms with E-state index in [1.807, 2.05) is 61.5 Å². The lowest BCUT2D eigenvalue weighted by atomic mass is 10.0. The summed E-state index contributed by atoms with van der Waals surface area (Å²) in [6, 6.07) is 17.4. The lowest BCUT2D eigenvalue weighted by molar-refractivity contribution is -0.123. The van der Waals surface area contributed by atoms with Crippen LogP contribution >= 0.6 is 11.3 Å². The van der Waals surface area contributed by atoms with E-state index in [0.717, 1.165) is 29.0 Å². The van der Waals surface area contributed by atoms with Crippen LogP contribution in [0.2, 0.25) is 0 Å². The van der Waals surface area contributed by atoms with Crippen molar-refractivity contribution in [3.8, 4) is 10.6 Å². The molecular weight excluding hydrogens is 382 g/mol. The molecule has 0 radical (unpaired) electrons. The van der Waals surface area contributed by atoms with Crippen LogP contribution in [-0.2, 0) is 11.2 Å². The van der Waals surface area contributed by atoms with Crippen molar-refractivity contribution in [3.05, 3.63) is 76.8 Å². The second-order valence-corrected chi connectivity index (χ2v) is 8.26. The molecule has 1 fully saturated rings. The highest BCUT2D eigenvalue weighted by Crippen LogP contribution is 2.24. The summed E-state index contributed by atoms with van der Waals surface area (Å²) in [6.07, 6.45) is 2.45. The second-order valence-electron chi connectivity index (χ2n) is 7.40. The van der Waals surface area contributed by atoms with Gasteiger partial charge in [-0.2, -0.15) is 0 Å². The van der Waals surface area contributed by atoms with Crippen molar-refractivity contribution < 1.29 is 9.59 Å². The summed E-state index contributed by atoms with van der Waals surface area (Å²) >= 11 is 1.42. The molecule has 0 spiro atoms. The van der Waals surface area contributed by atoms with Gasteiger partial charge in [-0.15, -0.1) is 11.3 Å². The highest BCUT2D eigenvalue weighted by molar-refractivity contribution is 7.13. The standard InChI is InChI=1S/C23H23N3O2S/c1-15-7-9-17(10-8-15)23-26-20(14-29-23)22(28)25-19(21(27)24-18-11-12-18)13-16-5-3-2-4-6-16/h2-10,14,18-19H,11-13H2,1H3,(H,24,27)(H,25,28). The van der Waals surface area contributed by atoms with Crippen LogP contribution in [0.5, 0.6) is 0 Å². The Hall–Kier alpha value is -2.99. The Morgan fingerprint density at radius 2 is 1.83 bits per heavy atom. The number of benzene rings is 2. The van der Waals surface area contributed by atoms with Crippen molar-refractivity contribution in [3.63, 3.8) is 0 Å². The van der Waals surface area contributed by atoms with Gasteiger partial charge in [0.25, 0.3) is 5.91 Å². The van der Waals surface area contributed by atoms with Gasteiger partial charge in [-0.05, 0) is 25.3 Å². The molecule has 148 valence electrons. The molecule has 2 N–H and O–H groups in total. The fourth-order valence-electron chi connectivity index (χ4n) is 3.03. The number of amides is 2. The number of nitrogens with one attached hydrogen (secondary N) is 2. The monoisotopic (exact) mass is 405 g/mol. The number of aromatic nitrogens is 1. The number of aryl methyl sites for hydroxylation is 1. The van der Waals surface area contributed by atoms with Gasteiger partial charge in [-0.1, -0.05) is 60.2 Å². The van der Waals surface area contributed by atoms with Gasteiger partial charge >= 0.3 is 0 Å². The Morgan fingerprint density at radius 1 is 1.10 bits per heavy atom. The Bertz CT molecular complexity index is 994. The third kappa shape index (κ3) is 5.09. The van der Waals surface area contributed by atoms with E-state index in [4.69, 9.17) is 0 Å². The predicted octanol–water partition coefficient (Wildman–Crippen LogP) is 3.74. The lowest BCUT2D eigenvalue weighted by Crippen LogP contribution is -2.48. The van der Waals surface area contributed by atoms with Crippen LogP contribution in [0.25, 0.3) is 10.6 Å². The van der Waals surface area contributed by atoms with Gasteiger partial charge in [0.15, 0.2) is 0 Å². The highest BCUT2D eigenvalue weighted by Gasteiger charge is 2.29. The summed E-state index contributed by atoms with van der Waals surface area (Å²) < 4.78 is 0. The molecule has 0 bridgehead atoms. The summed E-state index contributed by atoms with van der Waals surface area (Å²) in [5, 5.41) is 8.41. The van der Waals surface area contributed by atoms with Gasteiger partial charge < -0.3 is 10.6 Å². The van der Waals surface area contributed by atoms with Crippen LogP contribution in [0.1, 0.15) is 34.5 Å². The highest BCUT2D eigenvalue weighted by atomic mass is 32.1. The van der Waals surface area contributed by atoms with E-state index in [2.05, 4.69) is 15.6 Å². The molecule has 2 aromatic carbocycles. The van der Waals surface area contributed by atoms with Crippen LogP contribution in [0.3, 0.4) is 0 Å². The zero-order chi connectivity index (χ0) is 20.2. The normalized spacial score (nSPS) is 14.2. The quantitative estimate of drug-likeness (QED) is 0.629. The number of thiazole rings is 1. The van der Waals surface area contributed by atoms with Crippen molar-refractivity contribution in [2.24, 2.45) is 0 Å². The maximum Gasteiger partial charge on any atom is 0.271 e. The summed E-state index contributed by atoms with van der Waals surface area (Å²) in [5.41, 5.74) is 3.49. The van der Waals surface area contributed by atoms with Crippen LogP contribution < -0.4 is 10.6 Å². The first-order valence-corrected chi connectivity index (χ1v) is 10.6. The topological polar surface area (TPSA) is 71.1 Å². The number of rotatable bonds is 7. The molecule has 5 nitrogen and oxygen atoms in total. The van der Waals surface area contributed by atoms with Crippen LogP contribution in [-0.4, -0.2) is 28.9 Å². The Labute approximate surface area is 174 Å². The minimum absolute atomic E-state index is 0.140. The molecule has 6 heteroatoms. The Morgan fingerprint density at radius 3 is 2.52 bits per heavy atom. The second kappa shape index (κ2) is 8.57. The smallest absolute Gasteiger partial charge is 0.271 e. The molecule has 0 saturated heterocycles. The summed E-state index contributed by atoms with van der Waals surface area (Å²) in [5.74, 6) is -0.467. The minimum Gasteiger partial charge on any atom is -0.352 e. The Balaban J connectivity index is 1.48. The lowest BCUT2D eigenvalue weighted by Gasteiger charge is -2.18. The fourth-order valence-corrected chi connectivity index (χ4v) is 3.83. The van der Waals surface area contributed by atoms with E-state index in [1.165, 1.54) is 16.9 Å². The van der Waals surface area contributed by atoms with E-state index in [-0.39, 0.29) is 17.9 Å². The molecule has 1 unspecified atom stereocenters. The number of nitrogens with zero attached hydrogens (tertiary/aromatic N) is 1. The molecule has 1 heterocycles. The van der Waals surface area contributed by atoms with E-state index in [1.54, 1.807) is 5.38 Å². The zero-order valence-corrected chi connectivity index (χ0v) is 17.0. The third-order valence-corrected chi connectivity index (χ3v) is 5.75. The number of carbonyl (C=O) groups is 2. The molecule has 1 aliphatic rings. The van der Waals surface area contributed by atoms with E-state index < -0.39 is 6.04 Å². The molecule has 4 rings (SSSR count). The molecule has 29 heavy (non-hydrogen) atoms. The van der Waals surface area contributed by atoms with Gasteiger partial charge in [0.05, 0.1) is 0 Å². The summed E-state index contributed by atoms with van der Waals surface area (Å²) in [6.45, 7) is 2.03. The van der Waals surface area contributed by atoms with Gasteiger partial charge in [-0.3, -0.25) is 9.59 Å². The number of hydrogen-bond donors (Lipinski definition) is 2. The van der Waals surface area contributed by atoms with Gasteiger partial charge in [0, 0.05) is 23.4 Å². The van der Waals surface area contributed by atoms with Crippen molar-refractivity contribution in [1.29, 1.82) is 0 Å². The third-order valence-electron chi connectivity index (χ3n) is 4.86. The molecule has 1 atom stereocenters. The van der Waals surface area contributed by atoms with Gasteiger partial charge in [-0.25, -0.2) is 4.98 Å². The predicted molar refractivity (Wildman–Crippen MR) is 115 cm³/mol. The maximum atomic E-state index is 12.8. The fraction of sp³-hybridized carbons (Fsp3) is 0.261. The van der Waals surface area contributed by atoms with Gasteiger partial charge in [0.1, 0.15) is 16.7 Å². The first kappa shape index (κ1) is 19.3. The van der Waals surface area contributed by atoms with Crippen molar-refractivity contribution in [2.75, 3.05) is 0 Å². The molecule has 2 amide bonds. The molecular formula is C23H23N3O2S. The van der Waals surface area contributed by atoms with E-state index in [0.29, 0.717) is 12.1 Å². The SMILES string of the molecule is Cc1ccc(-c2nc(C(=O)NC(Cc3ccccc3)C(=O)NC3CC3)cs2)cc1. The number of carbonyl (C=O) groups excluding carboxylic acids is 2. The first-order chi connectivity index (χ1) is 14.1. The van der Waals surface area contributed by atoms with E-state index in [9.17, 15) is 9.59 Å². The van der Waals surface area contributed by atoms with Crippen molar-refractivity contribution in [1.82, 2.24) is 15.6 Å². The Kier molecular flexibility index (Phi) is 5.71. The zero-order valence-electron chi connectivity index (χ0n) is 16.2. The minimum atomic E-state index is -0.630. The average Bonchev–Trinajstić information content (AvgIpc) is 3.40. The largest absolute Gasteiger partial charge is 0.352 e. The van der Waals surface area contributed by atoms with E-state index >= 15 is 0 Å². The van der Waals surface area contributed by atoms with Crippen molar-refractivity contribution >= 4 is 23.2 Å². The number of hydrogen-bond acceptors (Lipinski definition) is 4. The van der Waals surface area contributed by atoms with Gasteiger partial charge in [0.2, 0.25) is 5.91 Å². The summed E-state index contributed by atoms with van der Waals surface area (Å²) in [4.78, 5) is 30.0. The molecule has 1 aliphatic carbocycles. The molecule has 1 saturated carbocycles. The van der Waals surface area contributed by atoms with Crippen LogP contribution in [0.15, 0.2) is 60.0 Å². The molecule has 1 aromatic heterocycles. The first-order valence-electron chi connectivity index (χ1n) is 9.76. The van der Waals surface area contributed by atoms with Crippen LogP contribution in [0.4, 0.5) is 0 Å². The summed E-state index contributed by atoms with van der Waals surface area (Å²) in [7, 11) is 0. The maximum absolute atomic E-state index is 12.8. The molecule has 3 aromatic rings.